The Labute approximate surface area is 187 Å². The minimum Gasteiger partial charge on any atom is -0.380 e. The lowest BCUT2D eigenvalue weighted by atomic mass is 9.45. The van der Waals surface area contributed by atoms with Crippen LogP contribution >= 0.6 is 15.9 Å². The average Bonchev–Trinajstić information content (AvgIpc) is 2.74. The number of aromatic nitrogens is 2. The topological polar surface area (TPSA) is 67.2 Å². The Bertz CT molecular complexity index is 861. The second kappa shape index (κ2) is 8.29. The van der Waals surface area contributed by atoms with Crippen LogP contribution in [0.4, 0.5) is 5.69 Å². The van der Waals surface area contributed by atoms with Gasteiger partial charge in [-0.1, -0.05) is 40.0 Å². The average molecular weight is 479 g/mol. The van der Waals surface area contributed by atoms with Crippen molar-refractivity contribution in [2.24, 2.45) is 23.2 Å². The second-order valence-electron chi connectivity index (χ2n) is 10.3. The van der Waals surface area contributed by atoms with Gasteiger partial charge < -0.3 is 10.2 Å². The number of carbonyl (C=O) groups excluding carboxylic acids is 1. The Morgan fingerprint density at radius 2 is 2.00 bits per heavy atom. The molecular weight excluding hydrogens is 444 g/mol. The molecule has 0 spiro atoms. The first kappa shape index (κ1) is 21.8. The quantitative estimate of drug-likeness (QED) is 0.685. The largest absolute Gasteiger partial charge is 0.380 e. The summed E-state index contributed by atoms with van der Waals surface area (Å²) in [6, 6.07) is 0.643. The summed E-state index contributed by atoms with van der Waals surface area (Å²) in [4.78, 5) is 27.4. The molecule has 4 saturated carbocycles. The van der Waals surface area contributed by atoms with Crippen molar-refractivity contribution in [1.29, 1.82) is 0 Å². The number of likely N-dealkylation sites (N-methyl/N-ethyl adjacent to an activating group) is 1. The van der Waals surface area contributed by atoms with Gasteiger partial charge in [0.15, 0.2) is 0 Å². The highest BCUT2D eigenvalue weighted by Crippen LogP contribution is 2.61. The van der Waals surface area contributed by atoms with Crippen LogP contribution in [0.2, 0.25) is 0 Å². The molecule has 30 heavy (non-hydrogen) atoms. The molecule has 0 radical (unpaired) electrons. The van der Waals surface area contributed by atoms with Gasteiger partial charge in [-0.3, -0.25) is 9.59 Å². The number of amides is 1. The van der Waals surface area contributed by atoms with Crippen LogP contribution in [0.5, 0.6) is 0 Å². The summed E-state index contributed by atoms with van der Waals surface area (Å²) in [6.45, 7) is 7.09. The highest BCUT2D eigenvalue weighted by Gasteiger charge is 2.56. The van der Waals surface area contributed by atoms with Gasteiger partial charge in [0.25, 0.3) is 5.56 Å². The van der Waals surface area contributed by atoms with Crippen molar-refractivity contribution in [1.82, 2.24) is 14.7 Å². The molecule has 4 fully saturated rings. The van der Waals surface area contributed by atoms with Crippen molar-refractivity contribution in [2.75, 3.05) is 12.4 Å². The molecule has 0 saturated heterocycles. The van der Waals surface area contributed by atoms with Crippen LogP contribution in [0, 0.1) is 23.2 Å². The molecule has 1 aromatic rings. The molecular formula is C23H35BrN4O2. The molecule has 7 heteroatoms. The fraction of sp³-hybridized carbons (Fsp3) is 0.783. The van der Waals surface area contributed by atoms with E-state index in [1.807, 2.05) is 11.9 Å². The van der Waals surface area contributed by atoms with E-state index in [0.29, 0.717) is 21.8 Å². The van der Waals surface area contributed by atoms with Gasteiger partial charge in [-0.05, 0) is 64.8 Å². The maximum atomic E-state index is 12.9. The molecule has 0 unspecified atom stereocenters. The SMILES string of the molecule is C[C@@H]1[C@H]2C[C@@H](C[C@H]1Nc1cnn(CC(=O)N(C)C3CCCCC3)c(=O)c1Br)C2(C)C. The highest BCUT2D eigenvalue weighted by atomic mass is 79.9. The van der Waals surface area contributed by atoms with E-state index < -0.39 is 0 Å². The highest BCUT2D eigenvalue weighted by molar-refractivity contribution is 9.10. The summed E-state index contributed by atoms with van der Waals surface area (Å²) in [5.41, 5.74) is 0.918. The number of rotatable bonds is 5. The lowest BCUT2D eigenvalue weighted by molar-refractivity contribution is -0.133. The Balaban J connectivity index is 1.42. The fourth-order valence-electron chi connectivity index (χ4n) is 6.13. The van der Waals surface area contributed by atoms with Crippen molar-refractivity contribution in [3.63, 3.8) is 0 Å². The summed E-state index contributed by atoms with van der Waals surface area (Å²) in [6.07, 6.45) is 9.84. The maximum Gasteiger partial charge on any atom is 0.283 e. The number of halogens is 1. The van der Waals surface area contributed by atoms with Crippen LogP contribution in [0.25, 0.3) is 0 Å². The number of nitrogens with one attached hydrogen (secondary N) is 1. The van der Waals surface area contributed by atoms with E-state index in [0.717, 1.165) is 36.8 Å². The standard InChI is InChI=1S/C23H35BrN4O2/c1-14-17-10-15(23(17,2)3)11-18(14)26-19-12-25-28(22(30)21(19)24)13-20(29)27(4)16-8-6-5-7-9-16/h12,14-18,26H,5-11,13H2,1-4H3/t14-,15+,17-,18-/m1/s1. The first-order chi connectivity index (χ1) is 14.2. The molecule has 1 amide bonds. The van der Waals surface area contributed by atoms with Gasteiger partial charge in [0, 0.05) is 19.1 Å². The number of fused-ring (bicyclic) bond motifs is 2. The molecule has 1 aromatic heterocycles. The molecule has 2 bridgehead atoms. The zero-order valence-electron chi connectivity index (χ0n) is 18.7. The zero-order chi connectivity index (χ0) is 21.6. The van der Waals surface area contributed by atoms with Crippen molar-refractivity contribution in [3.05, 3.63) is 21.0 Å². The van der Waals surface area contributed by atoms with Crippen LogP contribution in [-0.4, -0.2) is 39.7 Å². The molecule has 1 N–H and O–H groups in total. The van der Waals surface area contributed by atoms with Crippen LogP contribution in [0.15, 0.2) is 15.5 Å². The first-order valence-corrected chi connectivity index (χ1v) is 12.3. The van der Waals surface area contributed by atoms with Gasteiger partial charge in [0.2, 0.25) is 5.91 Å². The van der Waals surface area contributed by atoms with Gasteiger partial charge in [-0.2, -0.15) is 5.10 Å². The van der Waals surface area contributed by atoms with E-state index in [2.05, 4.69) is 47.1 Å². The lowest BCUT2D eigenvalue weighted by Crippen LogP contribution is -2.58. The molecule has 5 rings (SSSR count). The fourth-order valence-corrected chi connectivity index (χ4v) is 6.55. The van der Waals surface area contributed by atoms with Gasteiger partial charge in [0.05, 0.1) is 11.9 Å². The van der Waals surface area contributed by atoms with E-state index in [-0.39, 0.29) is 24.1 Å². The Morgan fingerprint density at radius 3 is 2.63 bits per heavy atom. The number of hydrogen-bond acceptors (Lipinski definition) is 4. The molecule has 6 nitrogen and oxygen atoms in total. The predicted octanol–water partition coefficient (Wildman–Crippen LogP) is 4.28. The first-order valence-electron chi connectivity index (χ1n) is 11.5. The number of anilines is 1. The van der Waals surface area contributed by atoms with Gasteiger partial charge >= 0.3 is 0 Å². The molecule has 4 aliphatic carbocycles. The van der Waals surface area contributed by atoms with Crippen LogP contribution in [0.1, 0.15) is 65.7 Å². The van der Waals surface area contributed by atoms with Crippen LogP contribution in [-0.2, 0) is 11.3 Å². The summed E-state index contributed by atoms with van der Waals surface area (Å²) in [5, 5.41) is 7.90. The molecule has 1 heterocycles. The minimum absolute atomic E-state index is 0.0110. The third-order valence-electron chi connectivity index (χ3n) is 8.48. The third kappa shape index (κ3) is 3.82. The molecule has 0 aromatic carbocycles. The van der Waals surface area contributed by atoms with E-state index in [4.69, 9.17) is 0 Å². The Hall–Kier alpha value is -1.37. The number of carbonyl (C=O) groups is 1. The summed E-state index contributed by atoms with van der Waals surface area (Å²) >= 11 is 3.47. The Morgan fingerprint density at radius 1 is 1.30 bits per heavy atom. The van der Waals surface area contributed by atoms with Gasteiger partial charge in [-0.25, -0.2) is 4.68 Å². The van der Waals surface area contributed by atoms with Crippen molar-refractivity contribution in [3.8, 4) is 0 Å². The monoisotopic (exact) mass is 478 g/mol. The van der Waals surface area contributed by atoms with E-state index in [1.165, 1.54) is 30.4 Å². The smallest absolute Gasteiger partial charge is 0.283 e. The van der Waals surface area contributed by atoms with Crippen LogP contribution < -0.4 is 10.9 Å². The number of hydrogen-bond donors (Lipinski definition) is 1. The molecule has 0 aliphatic heterocycles. The normalized spacial score (nSPS) is 30.4. The lowest BCUT2D eigenvalue weighted by Gasteiger charge is -2.62. The van der Waals surface area contributed by atoms with Gasteiger partial charge in [-0.15, -0.1) is 0 Å². The third-order valence-corrected chi connectivity index (χ3v) is 9.25. The summed E-state index contributed by atoms with van der Waals surface area (Å²) < 4.78 is 1.75. The zero-order valence-corrected chi connectivity index (χ0v) is 20.2. The van der Waals surface area contributed by atoms with Crippen molar-refractivity contribution >= 4 is 27.5 Å². The van der Waals surface area contributed by atoms with E-state index in [9.17, 15) is 9.59 Å². The predicted molar refractivity (Wildman–Crippen MR) is 122 cm³/mol. The summed E-state index contributed by atoms with van der Waals surface area (Å²) in [7, 11) is 1.85. The van der Waals surface area contributed by atoms with Crippen molar-refractivity contribution in [2.45, 2.75) is 84.3 Å². The Kier molecular flexibility index (Phi) is 6.03. The molecule has 4 aliphatic rings. The van der Waals surface area contributed by atoms with Crippen molar-refractivity contribution < 1.29 is 4.79 Å². The van der Waals surface area contributed by atoms with E-state index in [1.54, 1.807) is 6.20 Å². The second-order valence-corrected chi connectivity index (χ2v) is 11.1. The number of nitrogens with zero attached hydrogens (tertiary/aromatic N) is 3. The molecule has 166 valence electrons. The van der Waals surface area contributed by atoms with Gasteiger partial charge in [0.1, 0.15) is 11.0 Å². The minimum atomic E-state index is -0.251. The summed E-state index contributed by atoms with van der Waals surface area (Å²) in [5.74, 6) is 1.99. The van der Waals surface area contributed by atoms with Crippen LogP contribution in [0.3, 0.4) is 0 Å². The maximum absolute atomic E-state index is 12.9. The van der Waals surface area contributed by atoms with E-state index >= 15 is 0 Å². The molecule has 4 atom stereocenters.